The number of nitrogens with one attached hydrogen (secondary N) is 2. The standard InChI is InChI=1S/C17H16N4O7/c1-10(22)18-12-3-5-13(6-4-12)19-15(23)9-20-8-11(17(25)28-2)7-14(16(20)24)21(26)27/h3-8H,9H2,1-2H3,(H,18,22)(H,19,23). The van der Waals surface area contributed by atoms with Crippen molar-refractivity contribution in [2.45, 2.75) is 13.5 Å². The Kier molecular flexibility index (Phi) is 6.22. The maximum Gasteiger partial charge on any atom is 0.339 e. The lowest BCUT2D eigenvalue weighted by Gasteiger charge is -2.09. The molecule has 0 saturated carbocycles. The van der Waals surface area contributed by atoms with Crippen molar-refractivity contribution < 1.29 is 24.0 Å². The van der Waals surface area contributed by atoms with Crippen LogP contribution >= 0.6 is 0 Å². The van der Waals surface area contributed by atoms with E-state index >= 15 is 0 Å². The summed E-state index contributed by atoms with van der Waals surface area (Å²) < 4.78 is 5.25. The van der Waals surface area contributed by atoms with Crippen LogP contribution in [0.2, 0.25) is 0 Å². The van der Waals surface area contributed by atoms with E-state index < -0.39 is 34.6 Å². The van der Waals surface area contributed by atoms with Gasteiger partial charge in [-0.2, -0.15) is 0 Å². The topological polar surface area (TPSA) is 150 Å². The van der Waals surface area contributed by atoms with E-state index in [1.54, 1.807) is 12.1 Å². The van der Waals surface area contributed by atoms with Crippen LogP contribution in [0, 0.1) is 10.1 Å². The molecule has 0 atom stereocenters. The van der Waals surface area contributed by atoms with Gasteiger partial charge in [0.2, 0.25) is 11.8 Å². The molecule has 1 aromatic heterocycles. The monoisotopic (exact) mass is 388 g/mol. The molecule has 11 nitrogen and oxygen atoms in total. The zero-order valence-electron chi connectivity index (χ0n) is 14.9. The highest BCUT2D eigenvalue weighted by Crippen LogP contribution is 2.14. The second kappa shape index (κ2) is 8.58. The molecule has 0 spiro atoms. The maximum absolute atomic E-state index is 12.2. The summed E-state index contributed by atoms with van der Waals surface area (Å²) in [7, 11) is 1.08. The summed E-state index contributed by atoms with van der Waals surface area (Å²) in [5, 5.41) is 16.1. The van der Waals surface area contributed by atoms with E-state index in [9.17, 15) is 29.3 Å². The summed E-state index contributed by atoms with van der Waals surface area (Å²) in [6.45, 7) is 0.799. The van der Waals surface area contributed by atoms with Gasteiger partial charge in [-0.1, -0.05) is 0 Å². The predicted molar refractivity (Wildman–Crippen MR) is 98.1 cm³/mol. The van der Waals surface area contributed by atoms with E-state index in [1.165, 1.54) is 19.1 Å². The molecule has 146 valence electrons. The van der Waals surface area contributed by atoms with E-state index in [0.29, 0.717) is 11.4 Å². The molecular weight excluding hydrogens is 372 g/mol. The molecule has 2 aromatic rings. The molecule has 0 fully saturated rings. The molecule has 0 bridgehead atoms. The summed E-state index contributed by atoms with van der Waals surface area (Å²) in [6.07, 6.45) is 1.01. The van der Waals surface area contributed by atoms with Crippen molar-refractivity contribution in [2.75, 3.05) is 17.7 Å². The number of hydrogen-bond acceptors (Lipinski definition) is 7. The van der Waals surface area contributed by atoms with Crippen LogP contribution in [-0.4, -0.2) is 34.4 Å². The number of rotatable bonds is 6. The summed E-state index contributed by atoms with van der Waals surface area (Å²) in [6, 6.07) is 6.97. The number of nitrogens with zero attached hydrogens (tertiary/aromatic N) is 2. The fourth-order valence-corrected chi connectivity index (χ4v) is 2.29. The molecule has 28 heavy (non-hydrogen) atoms. The highest BCUT2D eigenvalue weighted by Gasteiger charge is 2.21. The fraction of sp³-hybridized carbons (Fsp3) is 0.176. The first kappa shape index (κ1) is 20.3. The van der Waals surface area contributed by atoms with Gasteiger partial charge in [0.25, 0.3) is 0 Å². The van der Waals surface area contributed by atoms with Gasteiger partial charge in [-0.3, -0.25) is 29.1 Å². The van der Waals surface area contributed by atoms with Crippen LogP contribution in [0.25, 0.3) is 0 Å². The van der Waals surface area contributed by atoms with E-state index in [1.807, 2.05) is 0 Å². The number of anilines is 2. The minimum atomic E-state index is -1.03. The van der Waals surface area contributed by atoms with Gasteiger partial charge in [0.05, 0.1) is 17.6 Å². The Morgan fingerprint density at radius 3 is 2.21 bits per heavy atom. The quantitative estimate of drug-likeness (QED) is 0.428. The first-order valence-corrected chi connectivity index (χ1v) is 7.86. The molecule has 0 aliphatic rings. The van der Waals surface area contributed by atoms with Crippen LogP contribution < -0.4 is 16.2 Å². The van der Waals surface area contributed by atoms with Gasteiger partial charge in [-0.15, -0.1) is 0 Å². The molecule has 0 saturated heterocycles. The third-order valence-corrected chi connectivity index (χ3v) is 3.49. The molecule has 11 heteroatoms. The number of methoxy groups -OCH3 is 1. The van der Waals surface area contributed by atoms with Gasteiger partial charge >= 0.3 is 17.2 Å². The van der Waals surface area contributed by atoms with Gasteiger partial charge < -0.3 is 15.4 Å². The second-order valence-corrected chi connectivity index (χ2v) is 5.60. The molecule has 0 radical (unpaired) electrons. The number of hydrogen-bond donors (Lipinski definition) is 2. The van der Waals surface area contributed by atoms with Crippen LogP contribution in [0.1, 0.15) is 17.3 Å². The fourth-order valence-electron chi connectivity index (χ4n) is 2.29. The SMILES string of the molecule is COC(=O)c1cc([N+](=O)[O-])c(=O)n(CC(=O)Nc2ccc(NC(C)=O)cc2)c1. The molecule has 0 aliphatic carbocycles. The van der Waals surface area contributed by atoms with Crippen molar-refractivity contribution in [3.8, 4) is 0 Å². The van der Waals surface area contributed by atoms with Crippen molar-refractivity contribution >= 4 is 34.8 Å². The van der Waals surface area contributed by atoms with Crippen molar-refractivity contribution in [1.82, 2.24) is 4.57 Å². The van der Waals surface area contributed by atoms with Gasteiger partial charge in [0, 0.05) is 30.6 Å². The van der Waals surface area contributed by atoms with E-state index in [2.05, 4.69) is 15.4 Å². The predicted octanol–water partition coefficient (Wildman–Crippen LogP) is 1.14. The Morgan fingerprint density at radius 2 is 1.71 bits per heavy atom. The third-order valence-electron chi connectivity index (χ3n) is 3.49. The maximum atomic E-state index is 12.2. The van der Waals surface area contributed by atoms with Crippen molar-refractivity contribution in [1.29, 1.82) is 0 Å². The Hall–Kier alpha value is -4.02. The summed E-state index contributed by atoms with van der Waals surface area (Å²) >= 11 is 0. The van der Waals surface area contributed by atoms with Crippen LogP contribution in [-0.2, 0) is 20.9 Å². The van der Waals surface area contributed by atoms with Crippen molar-refractivity contribution in [3.63, 3.8) is 0 Å². The van der Waals surface area contributed by atoms with Crippen LogP contribution in [0.3, 0.4) is 0 Å². The number of esters is 1. The number of amides is 2. The summed E-state index contributed by atoms with van der Waals surface area (Å²) in [4.78, 5) is 57.1. The lowest BCUT2D eigenvalue weighted by atomic mass is 10.2. The van der Waals surface area contributed by atoms with Gasteiger partial charge in [0.1, 0.15) is 6.54 Å². The smallest absolute Gasteiger partial charge is 0.339 e. The normalized spacial score (nSPS) is 10.1. The number of benzene rings is 1. The van der Waals surface area contributed by atoms with E-state index in [-0.39, 0.29) is 11.5 Å². The molecule has 2 rings (SSSR count). The number of carbonyl (C=O) groups is 3. The highest BCUT2D eigenvalue weighted by molar-refractivity contribution is 5.92. The van der Waals surface area contributed by atoms with Crippen LogP contribution in [0.4, 0.5) is 17.1 Å². The number of pyridine rings is 1. The van der Waals surface area contributed by atoms with Crippen molar-refractivity contribution in [2.24, 2.45) is 0 Å². The summed E-state index contributed by atoms with van der Waals surface area (Å²) in [5.41, 5.74) is -1.21. The molecule has 2 amide bonds. The van der Waals surface area contributed by atoms with E-state index in [0.717, 1.165) is 23.9 Å². The highest BCUT2D eigenvalue weighted by atomic mass is 16.6. The zero-order valence-corrected chi connectivity index (χ0v) is 14.9. The number of nitro groups is 1. The lowest BCUT2D eigenvalue weighted by Crippen LogP contribution is -2.29. The molecule has 1 aromatic carbocycles. The lowest BCUT2D eigenvalue weighted by molar-refractivity contribution is -0.386. The molecular formula is C17H16N4O7. The average molecular weight is 388 g/mol. The first-order chi connectivity index (χ1) is 13.2. The van der Waals surface area contributed by atoms with Gasteiger partial charge in [-0.25, -0.2) is 4.79 Å². The molecule has 2 N–H and O–H groups in total. The van der Waals surface area contributed by atoms with Gasteiger partial charge in [-0.05, 0) is 24.3 Å². The second-order valence-electron chi connectivity index (χ2n) is 5.60. The zero-order chi connectivity index (χ0) is 20.8. The number of carbonyl (C=O) groups excluding carboxylic acids is 3. The Balaban J connectivity index is 2.22. The van der Waals surface area contributed by atoms with Crippen LogP contribution in [0.15, 0.2) is 41.3 Å². The minimum absolute atomic E-state index is 0.235. The third kappa shape index (κ3) is 5.00. The van der Waals surface area contributed by atoms with E-state index in [4.69, 9.17) is 0 Å². The Morgan fingerprint density at radius 1 is 1.14 bits per heavy atom. The molecule has 0 aliphatic heterocycles. The van der Waals surface area contributed by atoms with Gasteiger partial charge in [0.15, 0.2) is 0 Å². The number of ether oxygens (including phenoxy) is 1. The minimum Gasteiger partial charge on any atom is -0.465 e. The first-order valence-electron chi connectivity index (χ1n) is 7.86. The number of aromatic nitrogens is 1. The van der Waals surface area contributed by atoms with Crippen LogP contribution in [0.5, 0.6) is 0 Å². The largest absolute Gasteiger partial charge is 0.465 e. The van der Waals surface area contributed by atoms with Crippen molar-refractivity contribution in [3.05, 3.63) is 62.6 Å². The average Bonchev–Trinajstić information content (AvgIpc) is 2.63. The Labute approximate surface area is 158 Å². The Bertz CT molecular complexity index is 996. The molecule has 1 heterocycles. The molecule has 0 unspecified atom stereocenters. The summed E-state index contributed by atoms with van der Waals surface area (Å²) in [5.74, 6) is -1.78.